The molecule has 0 radical (unpaired) electrons. The number of hydrogen-bond donors (Lipinski definition) is 11. The fourth-order valence-corrected chi connectivity index (χ4v) is 9.67. The molecule has 2 amide bonds. The van der Waals surface area contributed by atoms with Gasteiger partial charge in [-0.2, -0.15) is 0 Å². The Bertz CT molecular complexity index is 1360. The van der Waals surface area contributed by atoms with Crippen molar-refractivity contribution in [2.75, 3.05) is 19.9 Å². The van der Waals surface area contributed by atoms with E-state index in [1.165, 1.54) is 57.8 Å². The lowest BCUT2D eigenvalue weighted by Crippen LogP contribution is -2.66. The molecule has 0 aromatic heterocycles. The predicted molar refractivity (Wildman–Crippen MR) is 234 cm³/mol. The summed E-state index contributed by atoms with van der Waals surface area (Å²) >= 11 is 0. The lowest BCUT2D eigenvalue weighted by atomic mass is 9.79. The van der Waals surface area contributed by atoms with E-state index in [2.05, 4.69) is 24.5 Å². The van der Waals surface area contributed by atoms with Crippen LogP contribution in [-0.2, 0) is 37.2 Å². The third-order valence-corrected chi connectivity index (χ3v) is 13.0. The number of rotatable bonds is 34. The highest BCUT2D eigenvalue weighted by atomic mass is 31.2. The van der Waals surface area contributed by atoms with Gasteiger partial charge < -0.3 is 70.0 Å². The number of aliphatic hydroxyl groups is 6. The van der Waals surface area contributed by atoms with Crippen LogP contribution in [0.2, 0.25) is 0 Å². The van der Waals surface area contributed by atoms with Crippen LogP contribution in [0.4, 0.5) is 0 Å². The molecule has 2 aliphatic rings. The largest absolute Gasteiger partial charge is 0.470 e. The summed E-state index contributed by atoms with van der Waals surface area (Å²) in [5.74, 6) is -2.53. The summed E-state index contributed by atoms with van der Waals surface area (Å²) in [6, 6.07) is -2.98. The minimum atomic E-state index is -5.27. The molecule has 19 nitrogen and oxygen atoms in total. The first kappa shape index (κ1) is 58.0. The van der Waals surface area contributed by atoms with Crippen molar-refractivity contribution < 1.29 is 82.6 Å². The van der Waals surface area contributed by atoms with Gasteiger partial charge >= 0.3 is 15.4 Å². The molecule has 1 aliphatic carbocycles. The first-order chi connectivity index (χ1) is 29.8. The zero-order valence-electron chi connectivity index (χ0n) is 37.8. The molecule has 1 saturated carbocycles. The van der Waals surface area contributed by atoms with Crippen LogP contribution in [0.25, 0.3) is 0 Å². The highest BCUT2D eigenvalue weighted by Gasteiger charge is 2.51. The van der Waals surface area contributed by atoms with Crippen LogP contribution in [0.15, 0.2) is 0 Å². The maximum Gasteiger partial charge on any atom is 0.470 e. The SMILES string of the molecule is CCCCCCCCCCC[C@@H](O)CC(=O)NC1[C@@H](OP(C)(=O)O)CC(CO[C@@H]2OC(CO)[C@@H](OP(=O)(O)O)[C@H](O)C2NC(=O)C[C@H](O)CCCCCCCCCCC)[C@@H](O)[C@@H]1O. The standard InChI is InChI=1S/C42H82N2O17P2/c1-4-6-8-10-12-14-16-18-20-22-30(46)25-34(48)43-36-32(60-62(3,53)54)24-29(38(50)39(36)51)28-58-42-37(40(52)41(33(27-45)59-42)61-63(55,56)57)44-35(49)26-31(47)23-21-19-17-15-13-11-9-7-5-2/h29-33,36-42,45-47,50-52H,4-28H2,1-3H3,(H,43,48)(H,44,49)(H,53,54)(H2,55,56,57)/t29?,30-,31-,32+,33?,36?,37?,38-,39-,40-,41-,42-/m1/s1. The van der Waals surface area contributed by atoms with Crippen LogP contribution < -0.4 is 10.6 Å². The van der Waals surface area contributed by atoms with Gasteiger partial charge in [-0.3, -0.25) is 18.7 Å². The molecule has 372 valence electrons. The molecular weight excluding hydrogens is 866 g/mol. The van der Waals surface area contributed by atoms with E-state index >= 15 is 0 Å². The second kappa shape index (κ2) is 31.0. The number of nitrogens with one attached hydrogen (secondary N) is 2. The highest BCUT2D eigenvalue weighted by Crippen LogP contribution is 2.44. The number of phosphoric acid groups is 1. The first-order valence-electron chi connectivity index (χ1n) is 23.4. The molecule has 63 heavy (non-hydrogen) atoms. The molecule has 1 heterocycles. The lowest BCUT2D eigenvalue weighted by Gasteiger charge is -2.46. The Morgan fingerprint density at radius 1 is 0.667 bits per heavy atom. The molecule has 0 spiro atoms. The maximum absolute atomic E-state index is 13.2. The van der Waals surface area contributed by atoms with Crippen molar-refractivity contribution in [3.8, 4) is 0 Å². The number of carbonyl (C=O) groups is 2. The van der Waals surface area contributed by atoms with E-state index in [0.29, 0.717) is 19.3 Å². The topological polar surface area (TPSA) is 311 Å². The van der Waals surface area contributed by atoms with Gasteiger partial charge in [-0.15, -0.1) is 0 Å². The van der Waals surface area contributed by atoms with Gasteiger partial charge in [0, 0.05) is 12.6 Å². The molecule has 5 unspecified atom stereocenters. The highest BCUT2D eigenvalue weighted by molar-refractivity contribution is 7.51. The maximum atomic E-state index is 13.2. The number of phosphoric ester groups is 1. The van der Waals surface area contributed by atoms with Crippen molar-refractivity contribution in [2.45, 2.75) is 229 Å². The van der Waals surface area contributed by atoms with E-state index in [9.17, 15) is 64.0 Å². The molecule has 0 aromatic carbocycles. The molecule has 13 atom stereocenters. The van der Waals surface area contributed by atoms with E-state index in [1.807, 2.05) is 0 Å². The Balaban J connectivity index is 2.07. The van der Waals surface area contributed by atoms with Crippen LogP contribution in [0.5, 0.6) is 0 Å². The van der Waals surface area contributed by atoms with Crippen molar-refractivity contribution in [3.63, 3.8) is 0 Å². The monoisotopic (exact) mass is 949 g/mol. The molecule has 11 N–H and O–H groups in total. The minimum Gasteiger partial charge on any atom is -0.394 e. The summed E-state index contributed by atoms with van der Waals surface area (Å²) in [5, 5.41) is 70.0. The summed E-state index contributed by atoms with van der Waals surface area (Å²) in [4.78, 5) is 55.4. The molecule has 2 fully saturated rings. The number of unbranched alkanes of at least 4 members (excludes halogenated alkanes) is 16. The number of carbonyl (C=O) groups excluding carboxylic acids is 2. The van der Waals surface area contributed by atoms with Crippen molar-refractivity contribution >= 4 is 27.2 Å². The van der Waals surface area contributed by atoms with Gasteiger partial charge in [0.25, 0.3) is 0 Å². The van der Waals surface area contributed by atoms with Gasteiger partial charge in [0.1, 0.15) is 30.5 Å². The van der Waals surface area contributed by atoms with Gasteiger partial charge in [-0.1, -0.05) is 129 Å². The Kier molecular flexibility index (Phi) is 28.6. The molecule has 1 aliphatic heterocycles. The normalized spacial score (nSPS) is 28.6. The minimum absolute atomic E-state index is 0.271. The summed E-state index contributed by atoms with van der Waals surface area (Å²) in [6.45, 7) is 3.80. The third-order valence-electron chi connectivity index (χ3n) is 11.8. The van der Waals surface area contributed by atoms with Gasteiger partial charge in [-0.05, 0) is 19.3 Å². The molecule has 0 bridgehead atoms. The van der Waals surface area contributed by atoms with E-state index < -0.39 is 120 Å². The molecule has 2 rings (SSSR count). The molecular formula is C42H82N2O17P2. The Hall–Kier alpha value is -1.12. The number of ether oxygens (including phenoxy) is 2. The summed E-state index contributed by atoms with van der Waals surface area (Å²) in [7, 11) is -9.53. The van der Waals surface area contributed by atoms with Gasteiger partial charge in [0.2, 0.25) is 11.8 Å². The Labute approximate surface area is 374 Å². The Morgan fingerprint density at radius 2 is 1.11 bits per heavy atom. The average Bonchev–Trinajstić information content (AvgIpc) is 3.19. The van der Waals surface area contributed by atoms with Gasteiger partial charge in [0.15, 0.2) is 6.29 Å². The molecule has 21 heteroatoms. The van der Waals surface area contributed by atoms with Crippen molar-refractivity contribution in [1.29, 1.82) is 0 Å². The average molecular weight is 949 g/mol. The van der Waals surface area contributed by atoms with E-state index in [-0.39, 0.29) is 12.8 Å². The first-order valence-corrected chi connectivity index (χ1v) is 26.9. The lowest BCUT2D eigenvalue weighted by molar-refractivity contribution is -0.274. The van der Waals surface area contributed by atoms with Crippen molar-refractivity contribution in [3.05, 3.63) is 0 Å². The smallest absolute Gasteiger partial charge is 0.394 e. The van der Waals surface area contributed by atoms with Crippen LogP contribution in [-0.4, -0.2) is 144 Å². The predicted octanol–water partition coefficient (Wildman–Crippen LogP) is 3.81. The van der Waals surface area contributed by atoms with E-state index in [0.717, 1.165) is 58.0 Å². The number of amides is 2. The van der Waals surface area contributed by atoms with Crippen LogP contribution in [0.1, 0.15) is 162 Å². The zero-order chi connectivity index (χ0) is 47.0. The van der Waals surface area contributed by atoms with Gasteiger partial charge in [0.05, 0.1) is 56.5 Å². The van der Waals surface area contributed by atoms with E-state index in [4.69, 9.17) is 18.5 Å². The number of hydrogen-bond acceptors (Lipinski definition) is 14. The molecule has 0 aromatic rings. The van der Waals surface area contributed by atoms with E-state index in [1.54, 1.807) is 0 Å². The van der Waals surface area contributed by atoms with Crippen LogP contribution >= 0.6 is 15.4 Å². The third kappa shape index (κ3) is 23.9. The molecule has 1 saturated heterocycles. The Morgan fingerprint density at radius 3 is 1.54 bits per heavy atom. The summed E-state index contributed by atoms with van der Waals surface area (Å²) in [6.07, 6.45) is 5.26. The van der Waals surface area contributed by atoms with Crippen molar-refractivity contribution in [2.24, 2.45) is 5.92 Å². The van der Waals surface area contributed by atoms with Crippen LogP contribution in [0.3, 0.4) is 0 Å². The zero-order valence-corrected chi connectivity index (χ0v) is 39.6. The van der Waals surface area contributed by atoms with Crippen molar-refractivity contribution in [1.82, 2.24) is 10.6 Å². The fourth-order valence-electron chi connectivity index (χ4n) is 8.37. The second-order valence-electron chi connectivity index (χ2n) is 17.7. The summed E-state index contributed by atoms with van der Waals surface area (Å²) < 4.78 is 46.0. The second-order valence-corrected chi connectivity index (χ2v) is 20.7. The quantitative estimate of drug-likeness (QED) is 0.0323. The van der Waals surface area contributed by atoms with Crippen LogP contribution in [0, 0.1) is 5.92 Å². The fraction of sp³-hybridized carbons (Fsp3) is 0.952. The summed E-state index contributed by atoms with van der Waals surface area (Å²) in [5.41, 5.74) is 0. The van der Waals surface area contributed by atoms with Gasteiger partial charge in [-0.25, -0.2) is 4.57 Å². The number of aliphatic hydroxyl groups excluding tert-OH is 6.